The van der Waals surface area contributed by atoms with Gasteiger partial charge in [0.15, 0.2) is 0 Å². The van der Waals surface area contributed by atoms with Gasteiger partial charge in [-0.3, -0.25) is 0 Å². The van der Waals surface area contributed by atoms with Gasteiger partial charge in [0.05, 0.1) is 5.60 Å². The van der Waals surface area contributed by atoms with Crippen LogP contribution >= 0.6 is 0 Å². The van der Waals surface area contributed by atoms with Crippen LogP contribution in [0.2, 0.25) is 0 Å². The molecule has 0 aromatic rings. The Morgan fingerprint density at radius 1 is 1.21 bits per heavy atom. The normalized spacial score (nSPS) is 30.2. The Bertz CT molecular complexity index is 258. The third-order valence-corrected chi connectivity index (χ3v) is 5.29. The maximum atomic E-state index is 6.15. The molecule has 3 atom stereocenters. The molecule has 0 saturated carbocycles. The van der Waals surface area contributed by atoms with Gasteiger partial charge in [0.1, 0.15) is 0 Å². The van der Waals surface area contributed by atoms with Gasteiger partial charge in [0, 0.05) is 19.8 Å². The quantitative estimate of drug-likeness (QED) is 0.832. The first-order chi connectivity index (χ1) is 9.17. The Hall–Kier alpha value is -0.120. The van der Waals surface area contributed by atoms with Crippen molar-refractivity contribution in [2.24, 2.45) is 17.8 Å². The second kappa shape index (κ2) is 7.05. The van der Waals surface area contributed by atoms with Crippen LogP contribution in [0.1, 0.15) is 46.5 Å². The lowest BCUT2D eigenvalue weighted by Gasteiger charge is -2.45. The van der Waals surface area contributed by atoms with Gasteiger partial charge in [-0.2, -0.15) is 0 Å². The van der Waals surface area contributed by atoms with Crippen molar-refractivity contribution in [2.45, 2.75) is 52.1 Å². The largest absolute Gasteiger partial charge is 0.381 e. The zero-order chi connectivity index (χ0) is 13.7. The predicted molar refractivity (Wildman–Crippen MR) is 78.3 cm³/mol. The summed E-state index contributed by atoms with van der Waals surface area (Å²) in [5, 5.41) is 3.49. The fourth-order valence-corrected chi connectivity index (χ4v) is 3.63. The molecule has 0 aromatic heterocycles. The summed E-state index contributed by atoms with van der Waals surface area (Å²) in [6, 6.07) is 0. The first kappa shape index (κ1) is 15.3. The molecule has 19 heavy (non-hydrogen) atoms. The van der Waals surface area contributed by atoms with Crippen LogP contribution in [-0.4, -0.2) is 38.5 Å². The van der Waals surface area contributed by atoms with E-state index in [4.69, 9.17) is 9.47 Å². The minimum absolute atomic E-state index is 0.146. The maximum absolute atomic E-state index is 6.15. The van der Waals surface area contributed by atoms with Gasteiger partial charge in [-0.15, -0.1) is 0 Å². The highest BCUT2D eigenvalue weighted by Crippen LogP contribution is 2.41. The molecule has 0 bridgehead atoms. The standard InChI is InChI=1S/C16H31NO2/c1-4-17-12-13(2)14(3)15-5-8-19-16(11-15)6-9-18-10-7-16/h13-15,17H,4-12H2,1-3H3. The first-order valence-corrected chi connectivity index (χ1v) is 8.09. The van der Waals surface area contributed by atoms with Crippen LogP contribution in [-0.2, 0) is 9.47 Å². The van der Waals surface area contributed by atoms with Gasteiger partial charge in [0.2, 0.25) is 0 Å². The summed E-state index contributed by atoms with van der Waals surface area (Å²) in [6.07, 6.45) is 4.67. The van der Waals surface area contributed by atoms with E-state index < -0.39 is 0 Å². The summed E-state index contributed by atoms with van der Waals surface area (Å²) >= 11 is 0. The van der Waals surface area contributed by atoms with Crippen molar-refractivity contribution < 1.29 is 9.47 Å². The van der Waals surface area contributed by atoms with Gasteiger partial charge in [-0.1, -0.05) is 20.8 Å². The van der Waals surface area contributed by atoms with Crippen molar-refractivity contribution in [3.8, 4) is 0 Å². The number of hydrogen-bond acceptors (Lipinski definition) is 3. The third kappa shape index (κ3) is 3.93. The molecular weight excluding hydrogens is 238 g/mol. The molecule has 112 valence electrons. The molecule has 1 spiro atoms. The Kier molecular flexibility index (Phi) is 5.67. The Balaban J connectivity index is 1.88. The highest BCUT2D eigenvalue weighted by atomic mass is 16.5. The lowest BCUT2D eigenvalue weighted by atomic mass is 9.72. The molecular formula is C16H31NO2. The average molecular weight is 269 g/mol. The van der Waals surface area contributed by atoms with Crippen molar-refractivity contribution in [1.29, 1.82) is 0 Å². The highest BCUT2D eigenvalue weighted by Gasteiger charge is 2.41. The van der Waals surface area contributed by atoms with Crippen LogP contribution < -0.4 is 5.32 Å². The van der Waals surface area contributed by atoms with Crippen molar-refractivity contribution in [3.63, 3.8) is 0 Å². The number of hydrogen-bond donors (Lipinski definition) is 1. The molecule has 3 heteroatoms. The summed E-state index contributed by atoms with van der Waals surface area (Å²) in [5.74, 6) is 2.35. The molecule has 2 aliphatic heterocycles. The smallest absolute Gasteiger partial charge is 0.0729 e. The van der Waals surface area contributed by atoms with E-state index in [1.54, 1.807) is 0 Å². The number of nitrogens with one attached hydrogen (secondary N) is 1. The molecule has 3 nitrogen and oxygen atoms in total. The summed E-state index contributed by atoms with van der Waals surface area (Å²) < 4.78 is 11.7. The minimum atomic E-state index is 0.146. The molecule has 0 amide bonds. The molecule has 1 N–H and O–H groups in total. The fraction of sp³-hybridized carbons (Fsp3) is 1.00. The van der Waals surface area contributed by atoms with E-state index in [0.717, 1.165) is 63.5 Å². The van der Waals surface area contributed by atoms with Gasteiger partial charge in [-0.05, 0) is 56.5 Å². The number of ether oxygens (including phenoxy) is 2. The monoisotopic (exact) mass is 269 g/mol. The highest BCUT2D eigenvalue weighted by molar-refractivity contribution is 4.91. The van der Waals surface area contributed by atoms with Crippen LogP contribution in [0, 0.1) is 17.8 Å². The molecule has 3 unspecified atom stereocenters. The number of rotatable bonds is 5. The van der Waals surface area contributed by atoms with Crippen LogP contribution in [0.4, 0.5) is 0 Å². The minimum Gasteiger partial charge on any atom is -0.381 e. The molecule has 0 aliphatic carbocycles. The lowest BCUT2D eigenvalue weighted by molar-refractivity contribution is -0.153. The van der Waals surface area contributed by atoms with Gasteiger partial charge in [-0.25, -0.2) is 0 Å². The SMILES string of the molecule is CCNCC(C)C(C)C1CCOC2(CCOCC2)C1. The average Bonchev–Trinajstić information content (AvgIpc) is 2.45. The maximum Gasteiger partial charge on any atom is 0.0729 e. The molecule has 2 heterocycles. The fourth-order valence-electron chi connectivity index (χ4n) is 3.63. The van der Waals surface area contributed by atoms with E-state index >= 15 is 0 Å². The molecule has 0 aromatic carbocycles. The van der Waals surface area contributed by atoms with E-state index in [2.05, 4.69) is 26.1 Å². The van der Waals surface area contributed by atoms with Gasteiger partial charge < -0.3 is 14.8 Å². The van der Waals surface area contributed by atoms with Crippen LogP contribution in [0.5, 0.6) is 0 Å². The van der Waals surface area contributed by atoms with Crippen molar-refractivity contribution in [3.05, 3.63) is 0 Å². The molecule has 0 radical (unpaired) electrons. The molecule has 2 aliphatic rings. The molecule has 2 saturated heterocycles. The van der Waals surface area contributed by atoms with Gasteiger partial charge >= 0.3 is 0 Å². The molecule has 2 rings (SSSR count). The Morgan fingerprint density at radius 2 is 1.95 bits per heavy atom. The summed E-state index contributed by atoms with van der Waals surface area (Å²) in [4.78, 5) is 0. The van der Waals surface area contributed by atoms with E-state index in [1.807, 2.05) is 0 Å². The zero-order valence-electron chi connectivity index (χ0n) is 12.9. The van der Waals surface area contributed by atoms with Crippen LogP contribution in [0.25, 0.3) is 0 Å². The predicted octanol–water partition coefficient (Wildman–Crippen LogP) is 2.84. The van der Waals surface area contributed by atoms with Crippen LogP contribution in [0.15, 0.2) is 0 Å². The summed E-state index contributed by atoms with van der Waals surface area (Å²) in [5.41, 5.74) is 0.146. The molecule has 2 fully saturated rings. The lowest BCUT2D eigenvalue weighted by Crippen LogP contribution is -2.46. The second-order valence-corrected chi connectivity index (χ2v) is 6.54. The van der Waals surface area contributed by atoms with Crippen molar-refractivity contribution in [2.75, 3.05) is 32.9 Å². The third-order valence-electron chi connectivity index (χ3n) is 5.29. The van der Waals surface area contributed by atoms with Crippen molar-refractivity contribution >= 4 is 0 Å². The summed E-state index contributed by atoms with van der Waals surface area (Å²) in [7, 11) is 0. The topological polar surface area (TPSA) is 30.5 Å². The second-order valence-electron chi connectivity index (χ2n) is 6.54. The van der Waals surface area contributed by atoms with E-state index in [1.165, 1.54) is 12.8 Å². The van der Waals surface area contributed by atoms with E-state index in [9.17, 15) is 0 Å². The Morgan fingerprint density at radius 3 is 2.63 bits per heavy atom. The van der Waals surface area contributed by atoms with E-state index in [0.29, 0.717) is 0 Å². The zero-order valence-corrected chi connectivity index (χ0v) is 12.9. The Labute approximate surface area is 118 Å². The first-order valence-electron chi connectivity index (χ1n) is 8.09. The van der Waals surface area contributed by atoms with Crippen molar-refractivity contribution in [1.82, 2.24) is 5.32 Å². The van der Waals surface area contributed by atoms with Crippen LogP contribution in [0.3, 0.4) is 0 Å². The van der Waals surface area contributed by atoms with Gasteiger partial charge in [0.25, 0.3) is 0 Å². The van der Waals surface area contributed by atoms with E-state index in [-0.39, 0.29) is 5.60 Å². The summed E-state index contributed by atoms with van der Waals surface area (Å²) in [6.45, 7) is 11.9.